The Bertz CT molecular complexity index is 832. The number of aromatic hydroxyl groups is 1. The zero-order chi connectivity index (χ0) is 20.4. The lowest BCUT2D eigenvalue weighted by atomic mass is 10.1. The Morgan fingerprint density at radius 2 is 1.89 bits per heavy atom. The van der Waals surface area contributed by atoms with E-state index in [9.17, 15) is 9.90 Å². The summed E-state index contributed by atoms with van der Waals surface area (Å²) in [5, 5.41) is 27.1. The van der Waals surface area contributed by atoms with E-state index in [0.717, 1.165) is 17.0 Å². The Hall–Kier alpha value is -3.31. The first-order valence-corrected chi connectivity index (χ1v) is 9.07. The van der Waals surface area contributed by atoms with Gasteiger partial charge in [-0.15, -0.1) is 0 Å². The Morgan fingerprint density at radius 3 is 2.50 bits per heavy atom. The monoisotopic (exact) mass is 398 g/mol. The van der Waals surface area contributed by atoms with Gasteiger partial charge in [-0.25, -0.2) is 0 Å². The second-order valence-corrected chi connectivity index (χ2v) is 6.36. The largest absolute Gasteiger partial charge is 0.508 e. The Morgan fingerprint density at radius 1 is 1.21 bits per heavy atom. The van der Waals surface area contributed by atoms with Crippen molar-refractivity contribution in [3.63, 3.8) is 0 Å². The summed E-state index contributed by atoms with van der Waals surface area (Å²) in [5.41, 5.74) is 1.62. The van der Waals surface area contributed by atoms with Crippen molar-refractivity contribution in [1.29, 1.82) is 5.26 Å². The summed E-state index contributed by atoms with van der Waals surface area (Å²) in [6.07, 6.45) is 0.593. The highest BCUT2D eigenvalue weighted by molar-refractivity contribution is 7.80. The first-order valence-electron chi connectivity index (χ1n) is 8.66. The number of phenolic OH excluding ortho intramolecular Hbond substituents is 1. The van der Waals surface area contributed by atoms with Crippen molar-refractivity contribution in [2.24, 2.45) is 0 Å². The number of methoxy groups -OCH3 is 1. The van der Waals surface area contributed by atoms with E-state index in [2.05, 4.69) is 16.0 Å². The molecule has 0 aliphatic carbocycles. The quantitative estimate of drug-likeness (QED) is 0.399. The molecule has 28 heavy (non-hydrogen) atoms. The van der Waals surface area contributed by atoms with E-state index in [1.54, 1.807) is 43.5 Å². The summed E-state index contributed by atoms with van der Waals surface area (Å²) in [5.74, 6) is 0.622. The van der Waals surface area contributed by atoms with Crippen LogP contribution in [0.1, 0.15) is 12.0 Å². The van der Waals surface area contributed by atoms with Crippen LogP contribution in [0, 0.1) is 11.3 Å². The number of carbonyl (C=O) groups is 1. The molecule has 2 aromatic rings. The van der Waals surface area contributed by atoms with Gasteiger partial charge in [-0.1, -0.05) is 12.1 Å². The molecule has 0 saturated heterocycles. The van der Waals surface area contributed by atoms with Gasteiger partial charge in [0.1, 0.15) is 17.5 Å². The molecular weight excluding hydrogens is 376 g/mol. The third kappa shape index (κ3) is 6.78. The molecule has 0 saturated carbocycles. The number of ether oxygens (including phenoxy) is 1. The first-order chi connectivity index (χ1) is 13.5. The molecule has 7 nitrogen and oxygen atoms in total. The molecule has 1 amide bonds. The lowest BCUT2D eigenvalue weighted by molar-refractivity contribution is -0.122. The van der Waals surface area contributed by atoms with Crippen LogP contribution in [0.2, 0.25) is 0 Å². The van der Waals surface area contributed by atoms with Gasteiger partial charge in [0.15, 0.2) is 5.11 Å². The van der Waals surface area contributed by atoms with Gasteiger partial charge in [0.2, 0.25) is 5.91 Å². The Kier molecular flexibility index (Phi) is 8.06. The lowest BCUT2D eigenvalue weighted by Gasteiger charge is -2.20. The van der Waals surface area contributed by atoms with Gasteiger partial charge in [-0.2, -0.15) is 5.26 Å². The molecule has 1 atom stereocenters. The van der Waals surface area contributed by atoms with E-state index in [1.807, 2.05) is 18.2 Å². The van der Waals surface area contributed by atoms with Gasteiger partial charge >= 0.3 is 0 Å². The van der Waals surface area contributed by atoms with Crippen molar-refractivity contribution in [2.75, 3.05) is 19.0 Å². The van der Waals surface area contributed by atoms with Crippen LogP contribution in [0.4, 0.5) is 5.69 Å². The molecule has 2 aromatic carbocycles. The van der Waals surface area contributed by atoms with Gasteiger partial charge in [0, 0.05) is 18.7 Å². The van der Waals surface area contributed by atoms with Gasteiger partial charge in [-0.05, 0) is 54.2 Å². The minimum absolute atomic E-state index is 0.156. The molecule has 2 rings (SSSR count). The number of benzene rings is 2. The number of carbonyl (C=O) groups excluding carboxylic acids is 1. The van der Waals surface area contributed by atoms with Crippen molar-refractivity contribution in [3.8, 4) is 17.6 Å². The average Bonchev–Trinajstić information content (AvgIpc) is 2.69. The standard InChI is InChI=1S/C20H22N4O3S/c1-27-17-9-5-15(6-10-17)23-20(28)24-18(19(26)22-12-2-11-21)13-14-3-7-16(25)8-4-14/h3-10,18,25H,2,12-13H2,1H3,(H,22,26)(H2,23,24,28). The van der Waals surface area contributed by atoms with E-state index >= 15 is 0 Å². The topological polar surface area (TPSA) is 106 Å². The van der Waals surface area contributed by atoms with Gasteiger partial charge in [-0.3, -0.25) is 4.79 Å². The van der Waals surface area contributed by atoms with Crippen LogP contribution in [0.15, 0.2) is 48.5 Å². The minimum Gasteiger partial charge on any atom is -0.508 e. The number of amides is 1. The number of hydrogen-bond donors (Lipinski definition) is 4. The predicted molar refractivity (Wildman–Crippen MR) is 111 cm³/mol. The lowest BCUT2D eigenvalue weighted by Crippen LogP contribution is -2.49. The zero-order valence-electron chi connectivity index (χ0n) is 15.4. The summed E-state index contributed by atoms with van der Waals surface area (Å²) in [7, 11) is 1.59. The van der Waals surface area contributed by atoms with Crippen LogP contribution in [0.5, 0.6) is 11.5 Å². The molecule has 1 unspecified atom stereocenters. The summed E-state index contributed by atoms with van der Waals surface area (Å²) < 4.78 is 5.12. The molecule has 0 spiro atoms. The van der Waals surface area contributed by atoms with Crippen LogP contribution in [-0.4, -0.2) is 35.8 Å². The van der Waals surface area contributed by atoms with E-state index in [1.165, 1.54) is 0 Å². The van der Waals surface area contributed by atoms with Crippen molar-refractivity contribution >= 4 is 28.9 Å². The van der Waals surface area contributed by atoms with Crippen molar-refractivity contribution in [2.45, 2.75) is 18.9 Å². The van der Waals surface area contributed by atoms with Crippen LogP contribution in [-0.2, 0) is 11.2 Å². The predicted octanol–water partition coefficient (Wildman–Crippen LogP) is 2.33. The fourth-order valence-electron chi connectivity index (χ4n) is 2.44. The maximum absolute atomic E-state index is 12.5. The highest BCUT2D eigenvalue weighted by Crippen LogP contribution is 2.15. The normalized spacial score (nSPS) is 11.0. The van der Waals surface area contributed by atoms with E-state index in [-0.39, 0.29) is 24.6 Å². The summed E-state index contributed by atoms with van der Waals surface area (Å²) in [4.78, 5) is 12.5. The average molecular weight is 398 g/mol. The smallest absolute Gasteiger partial charge is 0.242 e. The maximum Gasteiger partial charge on any atom is 0.242 e. The maximum atomic E-state index is 12.5. The van der Waals surface area contributed by atoms with Crippen molar-refractivity contribution < 1.29 is 14.6 Å². The number of hydrogen-bond acceptors (Lipinski definition) is 5. The molecule has 0 heterocycles. The molecule has 4 N–H and O–H groups in total. The second kappa shape index (κ2) is 10.7. The molecule has 146 valence electrons. The zero-order valence-corrected chi connectivity index (χ0v) is 16.3. The summed E-state index contributed by atoms with van der Waals surface area (Å²) in [6.45, 7) is 0.266. The molecule has 8 heteroatoms. The third-order valence-corrected chi connectivity index (χ3v) is 4.10. The number of phenols is 1. The van der Waals surface area contributed by atoms with Gasteiger partial charge < -0.3 is 25.8 Å². The van der Waals surface area contributed by atoms with Crippen LogP contribution in [0.3, 0.4) is 0 Å². The number of nitriles is 1. The summed E-state index contributed by atoms with van der Waals surface area (Å²) >= 11 is 5.34. The van der Waals surface area contributed by atoms with Crippen LogP contribution >= 0.6 is 12.2 Å². The molecule has 0 fully saturated rings. The number of anilines is 1. The summed E-state index contributed by atoms with van der Waals surface area (Å²) in [6, 6.07) is 15.2. The van der Waals surface area contributed by atoms with E-state index in [0.29, 0.717) is 11.5 Å². The fourth-order valence-corrected chi connectivity index (χ4v) is 2.70. The Labute approximate surface area is 169 Å². The highest BCUT2D eigenvalue weighted by atomic mass is 32.1. The molecular formula is C20H22N4O3S. The number of thiocarbonyl (C=S) groups is 1. The molecule has 0 bridgehead atoms. The number of nitrogens with zero attached hydrogens (tertiary/aromatic N) is 1. The Balaban J connectivity index is 2.03. The molecule has 0 radical (unpaired) electrons. The first kappa shape index (κ1) is 21.0. The second-order valence-electron chi connectivity index (χ2n) is 5.95. The van der Waals surface area contributed by atoms with Crippen molar-refractivity contribution in [1.82, 2.24) is 10.6 Å². The molecule has 0 aliphatic rings. The number of nitrogens with one attached hydrogen (secondary N) is 3. The van der Waals surface area contributed by atoms with E-state index in [4.69, 9.17) is 22.2 Å². The fraction of sp³-hybridized carbons (Fsp3) is 0.250. The SMILES string of the molecule is COc1ccc(NC(=S)NC(Cc2ccc(O)cc2)C(=O)NCCC#N)cc1. The van der Waals surface area contributed by atoms with Gasteiger partial charge in [0.05, 0.1) is 19.6 Å². The molecule has 0 aliphatic heterocycles. The van der Waals surface area contributed by atoms with Crippen LogP contribution in [0.25, 0.3) is 0 Å². The number of rotatable bonds is 8. The third-order valence-electron chi connectivity index (χ3n) is 3.88. The highest BCUT2D eigenvalue weighted by Gasteiger charge is 2.20. The molecule has 0 aromatic heterocycles. The van der Waals surface area contributed by atoms with E-state index < -0.39 is 6.04 Å². The van der Waals surface area contributed by atoms with Crippen molar-refractivity contribution in [3.05, 3.63) is 54.1 Å². The minimum atomic E-state index is -0.638. The van der Waals surface area contributed by atoms with Gasteiger partial charge in [0.25, 0.3) is 0 Å². The van der Waals surface area contributed by atoms with Crippen LogP contribution < -0.4 is 20.7 Å².